The number of para-hydroxylation sites is 1. The summed E-state index contributed by atoms with van der Waals surface area (Å²) >= 11 is 1.69. The van der Waals surface area contributed by atoms with E-state index in [2.05, 4.69) is 71.1 Å². The molecule has 322 valence electrons. The quantitative estimate of drug-likeness (QED) is 0.154. The minimum Gasteiger partial charge on any atom is -0.310 e. The normalized spacial score (nSPS) is 12.5. The van der Waals surface area contributed by atoms with E-state index in [1.807, 2.05) is 84.3 Å². The molecule has 12 aromatic rings. The van der Waals surface area contributed by atoms with E-state index in [4.69, 9.17) is 0 Å². The van der Waals surface area contributed by atoms with Crippen molar-refractivity contribution in [1.29, 1.82) is 0 Å². The third kappa shape index (κ3) is 6.34. The first-order chi connectivity index (χ1) is 31.8. The SMILES string of the molecule is Cc1ccc(N(c2ccc(C(F)(F)F)cc2)c2ccc3c(c2)sc2cc4ccc5c(c4cc23)c2cccc3c4ccc(N(c6ccc(C)cc6)c6ccc(C(F)(F)F)cc6)cc4n5c32)cc1. The molecule has 12 rings (SSSR count). The predicted octanol–water partition coefficient (Wildman–Crippen LogP) is 18.0. The summed E-state index contributed by atoms with van der Waals surface area (Å²) in [4.78, 5) is 3.98. The molecule has 0 aliphatic carbocycles. The average molecular weight is 896 g/mol. The Bertz CT molecular complexity index is 3850. The van der Waals surface area contributed by atoms with Crippen molar-refractivity contribution in [3.63, 3.8) is 0 Å². The highest BCUT2D eigenvalue weighted by molar-refractivity contribution is 7.26. The van der Waals surface area contributed by atoms with Crippen molar-refractivity contribution in [2.24, 2.45) is 0 Å². The van der Waals surface area contributed by atoms with Crippen LogP contribution in [-0.4, -0.2) is 4.40 Å². The van der Waals surface area contributed by atoms with Crippen LogP contribution in [0.3, 0.4) is 0 Å². The summed E-state index contributed by atoms with van der Waals surface area (Å²) in [6.45, 7) is 4.00. The molecule has 0 spiro atoms. The van der Waals surface area contributed by atoms with Crippen LogP contribution >= 0.6 is 11.3 Å². The molecular weight excluding hydrogens is 861 g/mol. The van der Waals surface area contributed by atoms with E-state index < -0.39 is 23.5 Å². The Morgan fingerprint density at radius 3 is 1.44 bits per heavy atom. The molecule has 0 saturated heterocycles. The van der Waals surface area contributed by atoms with Gasteiger partial charge >= 0.3 is 12.4 Å². The van der Waals surface area contributed by atoms with Gasteiger partial charge < -0.3 is 14.2 Å². The second-order valence-electron chi connectivity index (χ2n) is 17.0. The molecule has 3 heterocycles. The lowest BCUT2D eigenvalue weighted by Crippen LogP contribution is -2.11. The molecule has 0 radical (unpaired) electrons. The van der Waals surface area contributed by atoms with Crippen LogP contribution in [0.15, 0.2) is 176 Å². The maximum Gasteiger partial charge on any atom is 0.416 e. The highest BCUT2D eigenvalue weighted by Crippen LogP contribution is 2.47. The fourth-order valence-electron chi connectivity index (χ4n) is 9.71. The Morgan fingerprint density at radius 1 is 0.394 bits per heavy atom. The van der Waals surface area contributed by atoms with E-state index in [9.17, 15) is 26.3 Å². The van der Waals surface area contributed by atoms with Gasteiger partial charge in [-0.25, -0.2) is 0 Å². The molecule has 3 aromatic heterocycles. The van der Waals surface area contributed by atoms with E-state index in [1.165, 1.54) is 24.3 Å². The molecule has 0 amide bonds. The molecule has 10 heteroatoms. The smallest absolute Gasteiger partial charge is 0.310 e. The summed E-state index contributed by atoms with van der Waals surface area (Å²) in [5, 5.41) is 8.83. The number of nitrogens with zero attached hydrogens (tertiary/aromatic N) is 3. The van der Waals surface area contributed by atoms with Gasteiger partial charge in [-0.2, -0.15) is 26.3 Å². The first kappa shape index (κ1) is 40.0. The van der Waals surface area contributed by atoms with Gasteiger partial charge in [0.1, 0.15) is 0 Å². The van der Waals surface area contributed by atoms with Crippen LogP contribution in [0.5, 0.6) is 0 Å². The third-order valence-corrected chi connectivity index (χ3v) is 14.0. The largest absolute Gasteiger partial charge is 0.416 e. The summed E-state index contributed by atoms with van der Waals surface area (Å²) < 4.78 is 86.3. The second kappa shape index (κ2) is 14.5. The Balaban J connectivity index is 1.02. The molecule has 66 heavy (non-hydrogen) atoms. The maximum atomic E-state index is 13.7. The highest BCUT2D eigenvalue weighted by Gasteiger charge is 2.32. The number of fused-ring (bicyclic) bond motifs is 11. The van der Waals surface area contributed by atoms with Crippen molar-refractivity contribution in [3.8, 4) is 0 Å². The van der Waals surface area contributed by atoms with E-state index in [0.717, 1.165) is 127 Å². The molecule has 0 saturated carbocycles. The monoisotopic (exact) mass is 895 g/mol. The molecule has 0 unspecified atom stereocenters. The third-order valence-electron chi connectivity index (χ3n) is 12.9. The van der Waals surface area contributed by atoms with Crippen LogP contribution in [0.4, 0.5) is 60.5 Å². The Hall–Kier alpha value is -7.56. The van der Waals surface area contributed by atoms with Crippen molar-refractivity contribution in [1.82, 2.24) is 4.40 Å². The zero-order valence-electron chi connectivity index (χ0n) is 35.3. The maximum absolute atomic E-state index is 13.7. The predicted molar refractivity (Wildman–Crippen MR) is 260 cm³/mol. The van der Waals surface area contributed by atoms with Crippen molar-refractivity contribution in [3.05, 3.63) is 198 Å². The van der Waals surface area contributed by atoms with Crippen molar-refractivity contribution in [2.45, 2.75) is 26.2 Å². The van der Waals surface area contributed by atoms with E-state index >= 15 is 0 Å². The highest BCUT2D eigenvalue weighted by atomic mass is 32.1. The average Bonchev–Trinajstić information content (AvgIpc) is 3.96. The molecule has 0 aliphatic heterocycles. The lowest BCUT2D eigenvalue weighted by Gasteiger charge is -2.26. The van der Waals surface area contributed by atoms with E-state index in [-0.39, 0.29) is 0 Å². The number of benzene rings is 9. The minimum atomic E-state index is -4.45. The van der Waals surface area contributed by atoms with Crippen LogP contribution in [0.1, 0.15) is 22.3 Å². The van der Waals surface area contributed by atoms with Crippen LogP contribution in [-0.2, 0) is 12.4 Å². The molecule has 0 aliphatic rings. The Labute approximate surface area is 377 Å². The summed E-state index contributed by atoms with van der Waals surface area (Å²) in [5.41, 5.74) is 8.41. The number of hydrogen-bond acceptors (Lipinski definition) is 3. The van der Waals surface area contributed by atoms with Gasteiger partial charge in [0.15, 0.2) is 0 Å². The molecule has 9 aromatic carbocycles. The van der Waals surface area contributed by atoms with Gasteiger partial charge in [0.2, 0.25) is 0 Å². The van der Waals surface area contributed by atoms with E-state index in [0.29, 0.717) is 11.4 Å². The first-order valence-corrected chi connectivity index (χ1v) is 22.2. The summed E-state index contributed by atoms with van der Waals surface area (Å²) in [6, 6.07) is 54.4. The van der Waals surface area contributed by atoms with Gasteiger partial charge in [0.05, 0.1) is 27.7 Å². The van der Waals surface area contributed by atoms with E-state index in [1.54, 1.807) is 11.3 Å². The number of hydrogen-bond donors (Lipinski definition) is 0. The Kier molecular flexibility index (Phi) is 8.77. The lowest BCUT2D eigenvalue weighted by molar-refractivity contribution is -0.138. The number of thiophene rings is 1. The van der Waals surface area contributed by atoms with Crippen LogP contribution in [0, 0.1) is 13.8 Å². The van der Waals surface area contributed by atoms with Crippen molar-refractivity contribution < 1.29 is 26.3 Å². The number of aromatic nitrogens is 1. The minimum absolute atomic E-state index is 0.609. The standard InChI is InChI=1S/C56H35F6N3S/c1-32-6-15-37(16-7-32)63(39-19-11-35(12-20-39)55(57,58)59)41-23-25-43-45-4-3-5-46-53-47-31-48-44-26-24-42(64(38-17-8-33(2)9-18-38)40-21-13-36(14-22-40)56(60,61)62)30-52(44)66-51(48)28-34(47)10-27-49(53)65(54(45)46)50(43)29-41/h3-31H,1-2H3. The number of alkyl halides is 6. The summed E-state index contributed by atoms with van der Waals surface area (Å²) in [6.07, 6.45) is -8.89. The molecule has 0 N–H and O–H groups in total. The fraction of sp³-hybridized carbons (Fsp3) is 0.0714. The molecule has 3 nitrogen and oxygen atoms in total. The molecular formula is C56H35F6N3S. The summed E-state index contributed by atoms with van der Waals surface area (Å²) in [7, 11) is 0. The van der Waals surface area contributed by atoms with Crippen LogP contribution in [0.2, 0.25) is 0 Å². The lowest BCUT2D eigenvalue weighted by atomic mass is 10.00. The molecule has 0 bridgehead atoms. The zero-order chi connectivity index (χ0) is 45.2. The fourth-order valence-corrected chi connectivity index (χ4v) is 10.9. The number of halogens is 6. The first-order valence-electron chi connectivity index (χ1n) is 21.4. The number of aryl methyl sites for hydroxylation is 2. The van der Waals surface area contributed by atoms with Gasteiger partial charge in [-0.05, 0) is 140 Å². The van der Waals surface area contributed by atoms with Gasteiger partial charge in [-0.15, -0.1) is 11.3 Å². The number of rotatable bonds is 6. The van der Waals surface area contributed by atoms with Gasteiger partial charge in [-0.1, -0.05) is 71.8 Å². The van der Waals surface area contributed by atoms with Crippen LogP contribution in [0.25, 0.3) is 69.0 Å². The topological polar surface area (TPSA) is 10.9 Å². The molecule has 0 fully saturated rings. The van der Waals surface area contributed by atoms with Crippen molar-refractivity contribution >= 4 is 115 Å². The second-order valence-corrected chi connectivity index (χ2v) is 18.1. The van der Waals surface area contributed by atoms with Gasteiger partial charge in [-0.3, -0.25) is 0 Å². The Morgan fingerprint density at radius 2 is 0.879 bits per heavy atom. The van der Waals surface area contributed by atoms with Crippen LogP contribution < -0.4 is 9.80 Å². The number of anilines is 6. The van der Waals surface area contributed by atoms with Gasteiger partial charge in [0.25, 0.3) is 0 Å². The van der Waals surface area contributed by atoms with Gasteiger partial charge in [0, 0.05) is 75.8 Å². The summed E-state index contributed by atoms with van der Waals surface area (Å²) in [5.74, 6) is 0. The zero-order valence-corrected chi connectivity index (χ0v) is 36.1. The molecule has 0 atom stereocenters. The van der Waals surface area contributed by atoms with Crippen molar-refractivity contribution in [2.75, 3.05) is 9.80 Å².